The largest absolute Gasteiger partial charge is 0.395 e. The van der Waals surface area contributed by atoms with Gasteiger partial charge in [-0.1, -0.05) is 6.92 Å². The van der Waals surface area contributed by atoms with Crippen LogP contribution in [0.25, 0.3) is 0 Å². The third kappa shape index (κ3) is 2.94. The lowest BCUT2D eigenvalue weighted by Gasteiger charge is -2.31. The number of ketones is 1. The summed E-state index contributed by atoms with van der Waals surface area (Å²) in [5.41, 5.74) is -1.52. The first kappa shape index (κ1) is 16.0. The predicted octanol–water partition coefficient (Wildman–Crippen LogP) is -2.08. The molecule has 110 valence electrons. The molecule has 0 saturated carbocycles. The minimum Gasteiger partial charge on any atom is -0.395 e. The Hall–Kier alpha value is -1.02. The second-order valence-corrected chi connectivity index (χ2v) is 4.86. The zero-order chi connectivity index (χ0) is 14.6. The number of hydrogen-bond donors (Lipinski definition) is 5. The van der Waals surface area contributed by atoms with Gasteiger partial charge in [-0.25, -0.2) is 0 Å². The number of amides is 1. The first-order valence-corrected chi connectivity index (χ1v) is 6.41. The summed E-state index contributed by atoms with van der Waals surface area (Å²) in [5.74, 6) is -0.747. The van der Waals surface area contributed by atoms with Gasteiger partial charge in [0.05, 0.1) is 25.2 Å². The van der Waals surface area contributed by atoms with Crippen molar-refractivity contribution in [1.29, 1.82) is 0 Å². The highest BCUT2D eigenvalue weighted by Crippen LogP contribution is 2.30. The van der Waals surface area contributed by atoms with Crippen molar-refractivity contribution in [1.82, 2.24) is 10.6 Å². The number of carbonyl (C=O) groups excluding carboxylic acids is 2. The van der Waals surface area contributed by atoms with Crippen LogP contribution in [0.5, 0.6) is 0 Å². The van der Waals surface area contributed by atoms with E-state index in [1.54, 1.807) is 0 Å². The number of hydrogen-bond acceptors (Lipinski definition) is 6. The molecule has 1 rings (SSSR count). The molecule has 7 nitrogen and oxygen atoms in total. The molecule has 4 atom stereocenters. The maximum Gasteiger partial charge on any atom is 0.222 e. The van der Waals surface area contributed by atoms with Crippen LogP contribution < -0.4 is 10.6 Å². The zero-order valence-corrected chi connectivity index (χ0v) is 11.2. The van der Waals surface area contributed by atoms with Crippen molar-refractivity contribution in [3.8, 4) is 0 Å². The maximum absolute atomic E-state index is 12.2. The van der Waals surface area contributed by atoms with Crippen molar-refractivity contribution in [3.05, 3.63) is 0 Å². The summed E-state index contributed by atoms with van der Waals surface area (Å²) in [6, 6.07) is -0.819. The van der Waals surface area contributed by atoms with Gasteiger partial charge in [-0.05, 0) is 6.42 Å². The molecule has 0 bridgehead atoms. The fraction of sp³-hybridized carbons (Fsp3) is 0.833. The quantitative estimate of drug-likeness (QED) is 0.379. The van der Waals surface area contributed by atoms with Crippen molar-refractivity contribution in [2.75, 3.05) is 13.7 Å². The predicted molar refractivity (Wildman–Crippen MR) is 67.4 cm³/mol. The lowest BCUT2D eigenvalue weighted by atomic mass is 9.83. The van der Waals surface area contributed by atoms with E-state index in [4.69, 9.17) is 5.11 Å². The normalized spacial score (nSPS) is 34.3. The van der Waals surface area contributed by atoms with Crippen molar-refractivity contribution < 1.29 is 24.9 Å². The lowest BCUT2D eigenvalue weighted by molar-refractivity contribution is -0.136. The summed E-state index contributed by atoms with van der Waals surface area (Å²) in [7, 11) is 1.43. The minimum absolute atomic E-state index is 0.186. The van der Waals surface area contributed by atoms with E-state index in [0.29, 0.717) is 6.42 Å². The molecule has 1 aliphatic heterocycles. The molecule has 0 aromatic carbocycles. The molecule has 1 saturated heterocycles. The summed E-state index contributed by atoms with van der Waals surface area (Å²) in [6.07, 6.45) is -2.21. The van der Waals surface area contributed by atoms with E-state index in [1.165, 1.54) is 7.05 Å². The number of carbonyl (C=O) groups is 2. The van der Waals surface area contributed by atoms with E-state index in [9.17, 15) is 19.8 Å². The second-order valence-electron chi connectivity index (χ2n) is 4.86. The molecule has 1 fully saturated rings. The van der Waals surface area contributed by atoms with Crippen LogP contribution in [0.1, 0.15) is 26.2 Å². The number of aliphatic hydroxyl groups is 3. The minimum atomic E-state index is -1.52. The molecule has 1 heterocycles. The van der Waals surface area contributed by atoms with Gasteiger partial charge in [-0.2, -0.15) is 0 Å². The van der Waals surface area contributed by atoms with Crippen LogP contribution in [0.4, 0.5) is 0 Å². The van der Waals surface area contributed by atoms with E-state index >= 15 is 0 Å². The molecule has 0 aliphatic carbocycles. The Balaban J connectivity index is 3.05. The average Bonchev–Trinajstić information content (AvgIpc) is 2.64. The molecule has 1 amide bonds. The SMILES string of the molecule is CCCC(=O)[C@]1(CC(=O)NC)N[C@H](CO)[C@@H](O)[C@@H]1O. The van der Waals surface area contributed by atoms with E-state index in [0.717, 1.165) is 0 Å². The maximum atomic E-state index is 12.2. The Morgan fingerprint density at radius 2 is 2.00 bits per heavy atom. The van der Waals surface area contributed by atoms with Gasteiger partial charge in [0.15, 0.2) is 5.78 Å². The summed E-state index contributed by atoms with van der Waals surface area (Å²) in [6.45, 7) is 1.39. The van der Waals surface area contributed by atoms with Crippen molar-refractivity contribution in [2.45, 2.75) is 50.0 Å². The van der Waals surface area contributed by atoms with Gasteiger partial charge in [-0.15, -0.1) is 0 Å². The van der Waals surface area contributed by atoms with Crippen molar-refractivity contribution in [2.24, 2.45) is 0 Å². The Morgan fingerprint density at radius 1 is 1.37 bits per heavy atom. The molecule has 7 heteroatoms. The Bertz CT molecular complexity index is 349. The fourth-order valence-electron chi connectivity index (χ4n) is 2.46. The Labute approximate surface area is 112 Å². The number of Topliss-reactive ketones (excluding diaryl/α,β-unsaturated/α-hetero) is 1. The smallest absolute Gasteiger partial charge is 0.222 e. The zero-order valence-electron chi connectivity index (χ0n) is 11.2. The van der Waals surface area contributed by atoms with Gasteiger partial charge in [0.25, 0.3) is 0 Å². The Kier molecular flexibility index (Phi) is 5.42. The third-order valence-corrected chi connectivity index (χ3v) is 3.57. The molecule has 19 heavy (non-hydrogen) atoms. The third-order valence-electron chi connectivity index (χ3n) is 3.57. The van der Waals surface area contributed by atoms with Crippen LogP contribution in [0, 0.1) is 0 Å². The molecular weight excluding hydrogens is 252 g/mol. The summed E-state index contributed by atoms with van der Waals surface area (Å²) in [5, 5.41) is 34.2. The van der Waals surface area contributed by atoms with Crippen LogP contribution in [0.15, 0.2) is 0 Å². The molecule has 0 aromatic rings. The van der Waals surface area contributed by atoms with E-state index in [-0.39, 0.29) is 18.6 Å². The Morgan fingerprint density at radius 3 is 2.42 bits per heavy atom. The molecular formula is C12H22N2O5. The molecule has 0 radical (unpaired) electrons. The van der Waals surface area contributed by atoms with Crippen LogP contribution in [0.2, 0.25) is 0 Å². The van der Waals surface area contributed by atoms with Gasteiger partial charge in [0.1, 0.15) is 11.6 Å². The lowest BCUT2D eigenvalue weighted by Crippen LogP contribution is -2.58. The van der Waals surface area contributed by atoms with Crippen LogP contribution in [0.3, 0.4) is 0 Å². The standard InChI is InChI=1S/C12H22N2O5/c1-3-4-8(16)12(5-9(17)13-2)11(19)10(18)7(6-15)14-12/h7,10-11,14-15,18-19H,3-6H2,1-2H3,(H,13,17)/t7-,10-,11+,12+/m1/s1. The van der Waals surface area contributed by atoms with Crippen molar-refractivity contribution in [3.63, 3.8) is 0 Å². The van der Waals surface area contributed by atoms with Gasteiger partial charge in [0.2, 0.25) is 5.91 Å². The summed E-state index contributed by atoms with van der Waals surface area (Å²) in [4.78, 5) is 23.8. The highest BCUT2D eigenvalue weighted by molar-refractivity contribution is 5.94. The summed E-state index contributed by atoms with van der Waals surface area (Å²) >= 11 is 0. The highest BCUT2D eigenvalue weighted by atomic mass is 16.3. The highest BCUT2D eigenvalue weighted by Gasteiger charge is 2.56. The van der Waals surface area contributed by atoms with Gasteiger partial charge in [-0.3, -0.25) is 14.9 Å². The number of rotatable bonds is 6. The molecule has 0 aromatic heterocycles. The number of nitrogens with one attached hydrogen (secondary N) is 2. The fourth-order valence-corrected chi connectivity index (χ4v) is 2.46. The molecule has 0 spiro atoms. The average molecular weight is 274 g/mol. The topological polar surface area (TPSA) is 119 Å². The number of aliphatic hydroxyl groups excluding tert-OH is 3. The first-order chi connectivity index (χ1) is 8.92. The van der Waals surface area contributed by atoms with E-state index < -0.39 is 36.3 Å². The van der Waals surface area contributed by atoms with Crippen LogP contribution in [-0.2, 0) is 9.59 Å². The van der Waals surface area contributed by atoms with Gasteiger partial charge < -0.3 is 20.6 Å². The second kappa shape index (κ2) is 6.42. The first-order valence-electron chi connectivity index (χ1n) is 6.41. The van der Waals surface area contributed by atoms with Crippen LogP contribution >= 0.6 is 0 Å². The summed E-state index contributed by atoms with van der Waals surface area (Å²) < 4.78 is 0. The van der Waals surface area contributed by atoms with E-state index in [1.807, 2.05) is 6.92 Å². The van der Waals surface area contributed by atoms with E-state index in [2.05, 4.69) is 10.6 Å². The molecule has 5 N–H and O–H groups in total. The van der Waals surface area contributed by atoms with Gasteiger partial charge >= 0.3 is 0 Å². The van der Waals surface area contributed by atoms with Crippen LogP contribution in [-0.4, -0.2) is 64.5 Å². The monoisotopic (exact) mass is 274 g/mol. The molecule has 0 unspecified atom stereocenters. The van der Waals surface area contributed by atoms with Gasteiger partial charge in [0, 0.05) is 13.5 Å². The molecule has 1 aliphatic rings. The van der Waals surface area contributed by atoms with Crippen molar-refractivity contribution >= 4 is 11.7 Å².